The third-order valence-electron chi connectivity index (χ3n) is 4.32. The monoisotopic (exact) mass is 370 g/mol. The van der Waals surface area contributed by atoms with Crippen molar-refractivity contribution in [3.63, 3.8) is 0 Å². The fourth-order valence-electron chi connectivity index (χ4n) is 3.02. The maximum Gasteiger partial charge on any atom is 0.245 e. The third-order valence-corrected chi connectivity index (χ3v) is 4.55. The van der Waals surface area contributed by atoms with Crippen LogP contribution in [-0.2, 0) is 0 Å². The van der Waals surface area contributed by atoms with Crippen molar-refractivity contribution >= 4 is 11.6 Å². The molecule has 6 nitrogen and oxygen atoms in total. The molecule has 2 unspecified atom stereocenters. The van der Waals surface area contributed by atoms with Crippen LogP contribution in [0.4, 0.5) is 0 Å². The number of halogens is 1. The molecule has 134 valence electrons. The van der Waals surface area contributed by atoms with Crippen LogP contribution in [0.5, 0.6) is 5.75 Å². The number of ether oxygens (including phenoxy) is 1. The normalized spacial score (nSPS) is 19.6. The van der Waals surface area contributed by atoms with Gasteiger partial charge in [0.2, 0.25) is 11.7 Å². The Morgan fingerprint density at radius 2 is 1.96 bits per heavy atom. The van der Waals surface area contributed by atoms with Crippen molar-refractivity contribution in [3.05, 3.63) is 65.0 Å². The van der Waals surface area contributed by atoms with Crippen molar-refractivity contribution in [2.24, 2.45) is 0 Å². The highest BCUT2D eigenvalue weighted by atomic mass is 35.5. The molecule has 0 saturated carbocycles. The average molecular weight is 371 g/mol. The van der Waals surface area contributed by atoms with E-state index in [1.165, 1.54) is 0 Å². The van der Waals surface area contributed by atoms with Gasteiger partial charge in [-0.15, -0.1) is 0 Å². The Labute approximate surface area is 156 Å². The van der Waals surface area contributed by atoms with Crippen LogP contribution in [0.25, 0.3) is 11.4 Å². The number of nitrogens with one attached hydrogen (secondary N) is 2. The van der Waals surface area contributed by atoms with Crippen LogP contribution in [0.2, 0.25) is 5.02 Å². The van der Waals surface area contributed by atoms with Crippen molar-refractivity contribution < 1.29 is 9.26 Å². The van der Waals surface area contributed by atoms with E-state index in [2.05, 4.69) is 21.0 Å². The largest absolute Gasteiger partial charge is 0.494 e. The molecule has 2 heterocycles. The number of hydrazine groups is 1. The number of benzene rings is 2. The van der Waals surface area contributed by atoms with Crippen LogP contribution < -0.4 is 15.6 Å². The molecule has 2 aromatic carbocycles. The number of rotatable bonds is 5. The van der Waals surface area contributed by atoms with Gasteiger partial charge < -0.3 is 9.26 Å². The summed E-state index contributed by atoms with van der Waals surface area (Å²) >= 11 is 6.08. The summed E-state index contributed by atoms with van der Waals surface area (Å²) in [4.78, 5) is 4.54. The van der Waals surface area contributed by atoms with E-state index in [0.717, 1.165) is 28.3 Å². The minimum Gasteiger partial charge on any atom is -0.494 e. The topological polar surface area (TPSA) is 72.2 Å². The Morgan fingerprint density at radius 3 is 2.73 bits per heavy atom. The zero-order valence-electron chi connectivity index (χ0n) is 14.3. The predicted molar refractivity (Wildman–Crippen MR) is 98.7 cm³/mol. The second-order valence-corrected chi connectivity index (χ2v) is 6.53. The van der Waals surface area contributed by atoms with Gasteiger partial charge in [0.15, 0.2) is 0 Å². The van der Waals surface area contributed by atoms with Gasteiger partial charge in [0.25, 0.3) is 0 Å². The molecule has 2 N–H and O–H groups in total. The van der Waals surface area contributed by atoms with Gasteiger partial charge in [-0.25, -0.2) is 10.9 Å². The Hall–Kier alpha value is -2.41. The molecule has 4 rings (SSSR count). The number of hydrogen-bond acceptors (Lipinski definition) is 6. The molecule has 1 aliphatic rings. The summed E-state index contributed by atoms with van der Waals surface area (Å²) < 4.78 is 10.9. The SMILES string of the molecule is CCOc1ccc(-c2noc(C3CC(c4cccc(Cl)c4)NN3)n2)cc1. The Balaban J connectivity index is 1.46. The third kappa shape index (κ3) is 3.58. The minimum atomic E-state index is -0.0528. The van der Waals surface area contributed by atoms with Gasteiger partial charge in [0.05, 0.1) is 6.61 Å². The highest BCUT2D eigenvalue weighted by Crippen LogP contribution is 2.32. The Morgan fingerprint density at radius 1 is 1.15 bits per heavy atom. The standard InChI is InChI=1S/C19H19ClN4O2/c1-2-25-15-8-6-12(7-9-15)18-21-19(26-24-18)17-11-16(22-23-17)13-4-3-5-14(20)10-13/h3-10,16-17,22-23H,2,11H2,1H3. The Kier molecular flexibility index (Phi) is 4.88. The first kappa shape index (κ1) is 17.0. The second-order valence-electron chi connectivity index (χ2n) is 6.10. The lowest BCUT2D eigenvalue weighted by Gasteiger charge is -2.09. The van der Waals surface area contributed by atoms with Crippen molar-refractivity contribution in [2.45, 2.75) is 25.4 Å². The molecule has 0 aliphatic carbocycles. The lowest BCUT2D eigenvalue weighted by Crippen LogP contribution is -2.26. The fraction of sp³-hybridized carbons (Fsp3) is 0.263. The van der Waals surface area contributed by atoms with Crippen LogP contribution in [0, 0.1) is 0 Å². The van der Waals surface area contributed by atoms with Gasteiger partial charge >= 0.3 is 0 Å². The second kappa shape index (κ2) is 7.45. The zero-order chi connectivity index (χ0) is 17.9. The van der Waals surface area contributed by atoms with E-state index in [9.17, 15) is 0 Å². The molecule has 1 aliphatic heterocycles. The number of hydrogen-bond donors (Lipinski definition) is 2. The maximum absolute atomic E-state index is 6.08. The van der Waals surface area contributed by atoms with Gasteiger partial charge in [0, 0.05) is 16.6 Å². The van der Waals surface area contributed by atoms with Gasteiger partial charge in [-0.3, -0.25) is 0 Å². The smallest absolute Gasteiger partial charge is 0.245 e. The minimum absolute atomic E-state index is 0.0528. The molecule has 0 spiro atoms. The van der Waals surface area contributed by atoms with Crippen molar-refractivity contribution in [3.8, 4) is 17.1 Å². The molecule has 1 fully saturated rings. The summed E-state index contributed by atoms with van der Waals surface area (Å²) in [5.41, 5.74) is 8.50. The van der Waals surface area contributed by atoms with Gasteiger partial charge in [-0.2, -0.15) is 4.98 Å². The van der Waals surface area contributed by atoms with Gasteiger partial charge in [-0.1, -0.05) is 28.9 Å². The van der Waals surface area contributed by atoms with E-state index in [-0.39, 0.29) is 12.1 Å². The van der Waals surface area contributed by atoms with E-state index in [0.29, 0.717) is 18.3 Å². The first-order valence-corrected chi connectivity index (χ1v) is 8.94. The number of nitrogens with zero attached hydrogens (tertiary/aromatic N) is 2. The van der Waals surface area contributed by atoms with Crippen LogP contribution >= 0.6 is 11.6 Å². The van der Waals surface area contributed by atoms with Crippen molar-refractivity contribution in [1.29, 1.82) is 0 Å². The van der Waals surface area contributed by atoms with Crippen LogP contribution in [0.3, 0.4) is 0 Å². The predicted octanol–water partition coefficient (Wildman–Crippen LogP) is 4.07. The van der Waals surface area contributed by atoms with Gasteiger partial charge in [0.1, 0.15) is 11.8 Å². The van der Waals surface area contributed by atoms with Crippen LogP contribution in [0.15, 0.2) is 53.1 Å². The molecule has 1 aromatic heterocycles. The highest BCUT2D eigenvalue weighted by Gasteiger charge is 2.30. The summed E-state index contributed by atoms with van der Waals surface area (Å²) in [5, 5.41) is 4.83. The lowest BCUT2D eigenvalue weighted by molar-refractivity contribution is 0.339. The highest BCUT2D eigenvalue weighted by molar-refractivity contribution is 6.30. The van der Waals surface area contributed by atoms with Gasteiger partial charge in [-0.05, 0) is 55.3 Å². The lowest BCUT2D eigenvalue weighted by atomic mass is 10.0. The van der Waals surface area contributed by atoms with E-state index >= 15 is 0 Å². The number of aromatic nitrogens is 2. The molecule has 0 bridgehead atoms. The summed E-state index contributed by atoms with van der Waals surface area (Å²) in [5.74, 6) is 1.95. The molecule has 0 radical (unpaired) electrons. The average Bonchev–Trinajstić information content (AvgIpc) is 3.32. The molecular formula is C19H19ClN4O2. The quantitative estimate of drug-likeness (QED) is 0.705. The molecule has 3 aromatic rings. The van der Waals surface area contributed by atoms with Crippen LogP contribution in [-0.4, -0.2) is 16.7 Å². The van der Waals surface area contributed by atoms with E-state index in [1.807, 2.05) is 55.5 Å². The van der Waals surface area contributed by atoms with Crippen molar-refractivity contribution in [1.82, 2.24) is 21.0 Å². The molecule has 1 saturated heterocycles. The van der Waals surface area contributed by atoms with Crippen molar-refractivity contribution in [2.75, 3.05) is 6.61 Å². The summed E-state index contributed by atoms with van der Waals surface area (Å²) in [6, 6.07) is 15.6. The summed E-state index contributed by atoms with van der Waals surface area (Å²) in [6.45, 7) is 2.60. The maximum atomic E-state index is 6.08. The summed E-state index contributed by atoms with van der Waals surface area (Å²) in [7, 11) is 0. The summed E-state index contributed by atoms with van der Waals surface area (Å²) in [6.07, 6.45) is 0.797. The molecule has 7 heteroatoms. The van der Waals surface area contributed by atoms with E-state index in [1.54, 1.807) is 0 Å². The van der Waals surface area contributed by atoms with E-state index in [4.69, 9.17) is 20.9 Å². The fourth-order valence-corrected chi connectivity index (χ4v) is 3.22. The zero-order valence-corrected chi connectivity index (χ0v) is 15.0. The molecule has 2 atom stereocenters. The first-order valence-electron chi connectivity index (χ1n) is 8.56. The van der Waals surface area contributed by atoms with E-state index < -0.39 is 0 Å². The Bertz CT molecular complexity index is 881. The molecule has 0 amide bonds. The molecular weight excluding hydrogens is 352 g/mol. The first-order chi connectivity index (χ1) is 12.7. The van der Waals surface area contributed by atoms with Crippen LogP contribution in [0.1, 0.15) is 36.9 Å². The molecule has 26 heavy (non-hydrogen) atoms.